The van der Waals surface area contributed by atoms with E-state index in [1.54, 1.807) is 32.3 Å². The van der Waals surface area contributed by atoms with Gasteiger partial charge in [0.15, 0.2) is 11.4 Å². The highest BCUT2D eigenvalue weighted by Gasteiger charge is 2.27. The number of anilines is 2. The second kappa shape index (κ2) is 4.51. The minimum atomic E-state index is -0.568. The second-order valence-electron chi connectivity index (χ2n) is 4.74. The second-order valence-corrected chi connectivity index (χ2v) is 4.74. The summed E-state index contributed by atoms with van der Waals surface area (Å²) in [7, 11) is 3.35. The number of hydrogen-bond donors (Lipinski definition) is 4. The summed E-state index contributed by atoms with van der Waals surface area (Å²) in [6.07, 6.45) is 0. The van der Waals surface area contributed by atoms with Crippen LogP contribution in [0.3, 0.4) is 0 Å². The molecule has 3 rings (SSSR count). The molecule has 2 aromatic rings. The van der Waals surface area contributed by atoms with Crippen molar-refractivity contribution in [3.63, 3.8) is 0 Å². The summed E-state index contributed by atoms with van der Waals surface area (Å²) in [5, 5.41) is 17.4. The average Bonchev–Trinajstić information content (AvgIpc) is 2.48. The Labute approximate surface area is 118 Å². The van der Waals surface area contributed by atoms with Crippen molar-refractivity contribution in [1.29, 1.82) is 0 Å². The Balaban J connectivity index is 2.24. The van der Waals surface area contributed by atoms with Crippen molar-refractivity contribution >= 4 is 17.3 Å². The lowest BCUT2D eigenvalue weighted by Crippen LogP contribution is -2.26. The Hall–Kier alpha value is -3.03. The molecule has 108 valence electrons. The molecular formula is C13H13N4O4+. The van der Waals surface area contributed by atoms with Gasteiger partial charge in [-0.3, -0.25) is 19.8 Å². The number of aliphatic hydroxyl groups excluding tert-OH is 1. The first-order valence-corrected chi connectivity index (χ1v) is 6.15. The Morgan fingerprint density at radius 3 is 2.57 bits per heavy atom. The predicted octanol–water partition coefficient (Wildman–Crippen LogP) is 0.489. The molecule has 2 heterocycles. The molecule has 1 aliphatic rings. The number of fused-ring (bicyclic) bond motifs is 2. The van der Waals surface area contributed by atoms with Gasteiger partial charge in [0.1, 0.15) is 19.7 Å². The molecule has 0 amide bonds. The summed E-state index contributed by atoms with van der Waals surface area (Å²) < 4.78 is 7.07. The minimum Gasteiger partial charge on any atom is -0.460 e. The number of H-pyrrole nitrogens is 2. The molecule has 21 heavy (non-hydrogen) atoms. The Morgan fingerprint density at radius 1 is 1.14 bits per heavy atom. The van der Waals surface area contributed by atoms with Crippen LogP contribution in [-0.4, -0.2) is 39.9 Å². The SMILES string of the molecule is C[N+](C)=C(O)c1cccc2c1Oc1c(c(=O)[nH][nH]c1=O)N2. The molecular weight excluding hydrogens is 276 g/mol. The fourth-order valence-corrected chi connectivity index (χ4v) is 2.06. The van der Waals surface area contributed by atoms with Gasteiger partial charge in [-0.1, -0.05) is 6.07 Å². The maximum absolute atomic E-state index is 11.8. The van der Waals surface area contributed by atoms with Gasteiger partial charge in [0.25, 0.3) is 5.56 Å². The average molecular weight is 289 g/mol. The number of hydrogen-bond acceptors (Lipinski definition) is 4. The lowest BCUT2D eigenvalue weighted by atomic mass is 10.1. The standard InChI is InChI=1S/C13H12N4O4/c1-17(2)13(20)6-4-3-5-7-9(6)21-10-8(14-7)11(18)15-16-12(10)19/h3-5H,1-2H3,(H3,14,15,16,18,19)/p+1. The first-order valence-electron chi connectivity index (χ1n) is 6.15. The number of para-hydroxylation sites is 1. The number of aromatic amines is 2. The molecule has 0 spiro atoms. The van der Waals surface area contributed by atoms with E-state index in [1.807, 2.05) is 0 Å². The molecule has 1 aromatic heterocycles. The van der Waals surface area contributed by atoms with E-state index in [-0.39, 0.29) is 23.1 Å². The molecule has 1 aromatic carbocycles. The summed E-state index contributed by atoms with van der Waals surface area (Å²) in [6, 6.07) is 5.05. The molecule has 0 saturated heterocycles. The molecule has 0 fully saturated rings. The van der Waals surface area contributed by atoms with Crippen molar-refractivity contribution in [2.24, 2.45) is 0 Å². The van der Waals surface area contributed by atoms with Crippen LogP contribution in [0.2, 0.25) is 0 Å². The fraction of sp³-hybridized carbons (Fsp3) is 0.154. The number of nitrogens with one attached hydrogen (secondary N) is 3. The fourth-order valence-electron chi connectivity index (χ4n) is 2.06. The molecule has 1 aliphatic heterocycles. The van der Waals surface area contributed by atoms with Gasteiger partial charge >= 0.3 is 11.5 Å². The van der Waals surface area contributed by atoms with Crippen LogP contribution < -0.4 is 21.2 Å². The largest absolute Gasteiger partial charge is 0.460 e. The number of benzene rings is 1. The smallest absolute Gasteiger partial charge is 0.370 e. The summed E-state index contributed by atoms with van der Waals surface area (Å²) in [5.74, 6) is 0.135. The van der Waals surface area contributed by atoms with E-state index in [2.05, 4.69) is 15.5 Å². The predicted molar refractivity (Wildman–Crippen MR) is 76.3 cm³/mol. The van der Waals surface area contributed by atoms with Gasteiger partial charge in [-0.05, 0) is 12.1 Å². The molecule has 8 heteroatoms. The Kier molecular flexibility index (Phi) is 2.79. The molecule has 4 N–H and O–H groups in total. The first-order chi connectivity index (χ1) is 9.99. The van der Waals surface area contributed by atoms with Crippen molar-refractivity contribution in [3.8, 4) is 11.5 Å². The maximum atomic E-state index is 11.8. The first kappa shape index (κ1) is 13.0. The third-order valence-electron chi connectivity index (χ3n) is 3.09. The van der Waals surface area contributed by atoms with Gasteiger partial charge in [-0.25, -0.2) is 4.58 Å². The van der Waals surface area contributed by atoms with Crippen LogP contribution in [0.15, 0.2) is 27.8 Å². The maximum Gasteiger partial charge on any atom is 0.370 e. The molecule has 0 saturated carbocycles. The van der Waals surface area contributed by atoms with Crippen molar-refractivity contribution in [2.75, 3.05) is 19.4 Å². The lowest BCUT2D eigenvalue weighted by Gasteiger charge is -2.21. The number of ether oxygens (including phenoxy) is 1. The van der Waals surface area contributed by atoms with Crippen LogP contribution in [0.4, 0.5) is 11.4 Å². The quantitative estimate of drug-likeness (QED) is 0.296. The van der Waals surface area contributed by atoms with Gasteiger partial charge in [-0.15, -0.1) is 0 Å². The number of nitrogens with zero attached hydrogens (tertiary/aromatic N) is 1. The van der Waals surface area contributed by atoms with Gasteiger partial charge in [0, 0.05) is 0 Å². The molecule has 0 bridgehead atoms. The summed E-state index contributed by atoms with van der Waals surface area (Å²) in [6.45, 7) is 0. The lowest BCUT2D eigenvalue weighted by molar-refractivity contribution is -0.472. The molecule has 0 radical (unpaired) electrons. The van der Waals surface area contributed by atoms with Gasteiger partial charge in [0.05, 0.1) is 5.69 Å². The van der Waals surface area contributed by atoms with Crippen LogP contribution >= 0.6 is 0 Å². The van der Waals surface area contributed by atoms with E-state index >= 15 is 0 Å². The monoisotopic (exact) mass is 289 g/mol. The van der Waals surface area contributed by atoms with Crippen LogP contribution in [0.1, 0.15) is 5.56 Å². The summed E-state index contributed by atoms with van der Waals surface area (Å²) in [4.78, 5) is 23.5. The van der Waals surface area contributed by atoms with Crippen LogP contribution in [0, 0.1) is 0 Å². The molecule has 0 atom stereocenters. The zero-order chi connectivity index (χ0) is 15.1. The van der Waals surface area contributed by atoms with E-state index < -0.39 is 11.1 Å². The van der Waals surface area contributed by atoms with Crippen LogP contribution in [0.25, 0.3) is 0 Å². The van der Waals surface area contributed by atoms with Crippen LogP contribution in [-0.2, 0) is 0 Å². The minimum absolute atomic E-state index is 0.0154. The van der Waals surface area contributed by atoms with Crippen LogP contribution in [0.5, 0.6) is 11.5 Å². The van der Waals surface area contributed by atoms with Gasteiger partial charge in [-0.2, -0.15) is 0 Å². The third-order valence-corrected chi connectivity index (χ3v) is 3.09. The summed E-state index contributed by atoms with van der Waals surface area (Å²) >= 11 is 0. The number of aliphatic hydroxyl groups is 1. The van der Waals surface area contributed by atoms with Crippen molar-refractivity contribution in [3.05, 3.63) is 44.5 Å². The van der Waals surface area contributed by atoms with E-state index in [0.717, 1.165) is 0 Å². The Bertz CT molecular complexity index is 874. The van der Waals surface area contributed by atoms with E-state index in [9.17, 15) is 14.7 Å². The highest BCUT2D eigenvalue weighted by Crippen LogP contribution is 2.40. The zero-order valence-corrected chi connectivity index (χ0v) is 11.4. The highest BCUT2D eigenvalue weighted by atomic mass is 16.5. The van der Waals surface area contributed by atoms with Gasteiger partial charge in [0.2, 0.25) is 5.75 Å². The van der Waals surface area contributed by atoms with Crippen molar-refractivity contribution in [1.82, 2.24) is 10.2 Å². The molecule has 8 nitrogen and oxygen atoms in total. The highest BCUT2D eigenvalue weighted by molar-refractivity contribution is 5.95. The summed E-state index contributed by atoms with van der Waals surface area (Å²) in [5.41, 5.74) is -0.129. The van der Waals surface area contributed by atoms with E-state index in [1.165, 1.54) is 4.58 Å². The number of rotatable bonds is 1. The normalized spacial score (nSPS) is 11.7. The molecule has 0 unspecified atom stereocenters. The number of aromatic nitrogens is 2. The van der Waals surface area contributed by atoms with Crippen molar-refractivity contribution in [2.45, 2.75) is 0 Å². The van der Waals surface area contributed by atoms with Gasteiger partial charge < -0.3 is 15.2 Å². The zero-order valence-electron chi connectivity index (χ0n) is 11.4. The van der Waals surface area contributed by atoms with E-state index in [0.29, 0.717) is 11.3 Å². The molecule has 0 aliphatic carbocycles. The van der Waals surface area contributed by atoms with Crippen molar-refractivity contribution < 1.29 is 14.4 Å². The Morgan fingerprint density at radius 2 is 1.86 bits per heavy atom. The topological polar surface area (TPSA) is 110 Å². The third kappa shape index (κ3) is 1.97. The van der Waals surface area contributed by atoms with E-state index in [4.69, 9.17) is 4.74 Å².